The Morgan fingerprint density at radius 2 is 1.90 bits per heavy atom. The third-order valence-corrected chi connectivity index (χ3v) is 6.47. The second-order valence-corrected chi connectivity index (χ2v) is 9.28. The van der Waals surface area contributed by atoms with E-state index >= 15 is 0 Å². The zero-order chi connectivity index (χ0) is 22.0. The first-order valence-electron chi connectivity index (χ1n) is 10.4. The zero-order valence-corrected chi connectivity index (χ0v) is 18.4. The van der Waals surface area contributed by atoms with E-state index in [9.17, 15) is 14.9 Å². The van der Waals surface area contributed by atoms with E-state index in [1.807, 2.05) is 41.0 Å². The molecule has 8 nitrogen and oxygen atoms in total. The van der Waals surface area contributed by atoms with E-state index in [0.717, 1.165) is 23.4 Å². The van der Waals surface area contributed by atoms with Gasteiger partial charge in [-0.15, -0.1) is 11.8 Å². The van der Waals surface area contributed by atoms with Crippen LogP contribution in [0.5, 0.6) is 0 Å². The smallest absolute Gasteiger partial charge is 0.235 e. The summed E-state index contributed by atoms with van der Waals surface area (Å²) < 4.78 is 5.88. The number of anilines is 2. The van der Waals surface area contributed by atoms with Crippen LogP contribution < -0.4 is 10.2 Å². The summed E-state index contributed by atoms with van der Waals surface area (Å²) in [7, 11) is 0. The number of nitrogens with zero attached hydrogens (tertiary/aromatic N) is 4. The maximum absolute atomic E-state index is 12.9. The summed E-state index contributed by atoms with van der Waals surface area (Å²) in [6.45, 7) is 5.77. The molecule has 4 rings (SSSR count). The van der Waals surface area contributed by atoms with Crippen LogP contribution in [0.3, 0.4) is 0 Å². The Kier molecular flexibility index (Phi) is 6.18. The number of hydrogen-bond donors (Lipinski definition) is 1. The number of amides is 2. The molecule has 1 atom stereocenters. The predicted octanol–water partition coefficient (Wildman–Crippen LogP) is 3.21. The fraction of sp³-hybridized carbons (Fsp3) is 0.455. The van der Waals surface area contributed by atoms with Crippen LogP contribution in [-0.2, 0) is 9.59 Å². The molecule has 0 radical (unpaired) electrons. The fourth-order valence-electron chi connectivity index (χ4n) is 3.58. The third-order valence-electron chi connectivity index (χ3n) is 5.37. The molecule has 31 heavy (non-hydrogen) atoms. The Morgan fingerprint density at radius 1 is 1.23 bits per heavy atom. The molecule has 9 heteroatoms. The maximum Gasteiger partial charge on any atom is 0.235 e. The van der Waals surface area contributed by atoms with Gasteiger partial charge in [0.05, 0.1) is 5.25 Å². The molecule has 162 valence electrons. The molecular formula is C22H25N5O3S. The summed E-state index contributed by atoms with van der Waals surface area (Å²) >= 11 is 1.50. The van der Waals surface area contributed by atoms with Crippen molar-refractivity contribution in [3.05, 3.63) is 35.9 Å². The molecule has 2 aromatic rings. The van der Waals surface area contributed by atoms with Gasteiger partial charge < -0.3 is 19.5 Å². The quantitative estimate of drug-likeness (QED) is 0.690. The lowest BCUT2D eigenvalue weighted by Gasteiger charge is -2.35. The van der Waals surface area contributed by atoms with Gasteiger partial charge in [-0.05, 0) is 44.0 Å². The molecule has 1 aromatic carbocycles. The number of aromatic nitrogens is 1. The molecule has 1 aliphatic carbocycles. The Balaban J connectivity index is 1.31. The largest absolute Gasteiger partial charge is 0.423 e. The lowest BCUT2D eigenvalue weighted by atomic mass is 10.2. The SMILES string of the molecule is CC(=O)Nc1ccc(S[C@H](C)C(=O)N2CCN(c3oc(C4CC4)nc3C#N)CC2)cc1. The van der Waals surface area contributed by atoms with Gasteiger partial charge in [0.25, 0.3) is 0 Å². The van der Waals surface area contributed by atoms with Gasteiger partial charge >= 0.3 is 0 Å². The van der Waals surface area contributed by atoms with Gasteiger partial charge in [-0.3, -0.25) is 9.59 Å². The zero-order valence-electron chi connectivity index (χ0n) is 17.6. The van der Waals surface area contributed by atoms with Crippen molar-refractivity contribution in [2.24, 2.45) is 0 Å². The third kappa shape index (κ3) is 5.02. The van der Waals surface area contributed by atoms with Crippen molar-refractivity contribution in [1.82, 2.24) is 9.88 Å². The van der Waals surface area contributed by atoms with E-state index in [2.05, 4.69) is 16.4 Å². The number of carbonyl (C=O) groups excluding carboxylic acids is 2. The molecule has 2 heterocycles. The molecule has 1 saturated carbocycles. The van der Waals surface area contributed by atoms with Crippen molar-refractivity contribution >= 4 is 35.1 Å². The summed E-state index contributed by atoms with van der Waals surface area (Å²) in [5.74, 6) is 1.54. The molecule has 0 spiro atoms. The Hall–Kier alpha value is -2.99. The van der Waals surface area contributed by atoms with Crippen LogP contribution in [0.1, 0.15) is 44.2 Å². The van der Waals surface area contributed by atoms with Crippen LogP contribution in [0.4, 0.5) is 11.6 Å². The first-order valence-corrected chi connectivity index (χ1v) is 11.3. The van der Waals surface area contributed by atoms with E-state index in [1.165, 1.54) is 18.7 Å². The topological polar surface area (TPSA) is 102 Å². The average Bonchev–Trinajstić information content (AvgIpc) is 3.53. The first-order chi connectivity index (χ1) is 14.9. The normalized spacial score (nSPS) is 17.2. The van der Waals surface area contributed by atoms with Gasteiger partial charge in [-0.2, -0.15) is 5.26 Å². The van der Waals surface area contributed by atoms with Crippen LogP contribution >= 0.6 is 11.8 Å². The van der Waals surface area contributed by atoms with Gasteiger partial charge in [0.2, 0.25) is 29.3 Å². The second kappa shape index (κ2) is 9.02. The summed E-state index contributed by atoms with van der Waals surface area (Å²) in [6, 6.07) is 9.61. The first kappa shape index (κ1) is 21.2. The van der Waals surface area contributed by atoms with Crippen LogP contribution in [0.15, 0.2) is 33.6 Å². The Labute approximate surface area is 185 Å². The van der Waals surface area contributed by atoms with E-state index in [-0.39, 0.29) is 17.1 Å². The van der Waals surface area contributed by atoms with Gasteiger partial charge in [-0.25, -0.2) is 4.98 Å². The summed E-state index contributed by atoms with van der Waals surface area (Å²) in [5, 5.41) is 11.9. The maximum atomic E-state index is 12.9. The fourth-order valence-corrected chi connectivity index (χ4v) is 4.53. The lowest BCUT2D eigenvalue weighted by molar-refractivity contribution is -0.130. The number of benzene rings is 1. The molecule has 1 N–H and O–H groups in total. The van der Waals surface area contributed by atoms with Crippen molar-refractivity contribution in [2.75, 3.05) is 36.4 Å². The minimum Gasteiger partial charge on any atom is -0.423 e. The highest BCUT2D eigenvalue weighted by Crippen LogP contribution is 2.41. The number of hydrogen-bond acceptors (Lipinski definition) is 7. The van der Waals surface area contributed by atoms with Gasteiger partial charge in [0.15, 0.2) is 0 Å². The van der Waals surface area contributed by atoms with Gasteiger partial charge in [0.1, 0.15) is 6.07 Å². The molecule has 2 amide bonds. The molecule has 0 bridgehead atoms. The van der Waals surface area contributed by atoms with Crippen LogP contribution in [0, 0.1) is 11.3 Å². The van der Waals surface area contributed by atoms with E-state index < -0.39 is 0 Å². The number of rotatable bonds is 6. The summed E-state index contributed by atoms with van der Waals surface area (Å²) in [4.78, 5) is 33.2. The standard InChI is InChI=1S/C22H25N5O3S/c1-14(31-18-7-5-17(6-8-18)24-15(2)28)21(29)26-9-11-27(12-10-26)22-19(13-23)25-20(30-22)16-3-4-16/h5-8,14,16H,3-4,9-12H2,1-2H3,(H,24,28)/t14-/m1/s1. The molecular weight excluding hydrogens is 414 g/mol. The van der Waals surface area contributed by atoms with Crippen LogP contribution in [0.25, 0.3) is 0 Å². The Bertz CT molecular complexity index is 1000. The minimum atomic E-state index is -0.223. The number of piperazine rings is 1. The average molecular weight is 440 g/mol. The van der Waals surface area contributed by atoms with Crippen molar-refractivity contribution in [1.29, 1.82) is 5.26 Å². The molecule has 1 aromatic heterocycles. The molecule has 0 unspecified atom stereocenters. The van der Waals surface area contributed by atoms with Crippen molar-refractivity contribution in [3.8, 4) is 6.07 Å². The molecule has 1 aliphatic heterocycles. The second-order valence-electron chi connectivity index (χ2n) is 7.87. The lowest BCUT2D eigenvalue weighted by Crippen LogP contribution is -2.50. The Morgan fingerprint density at radius 3 is 2.48 bits per heavy atom. The predicted molar refractivity (Wildman–Crippen MR) is 118 cm³/mol. The number of nitrogens with one attached hydrogen (secondary N) is 1. The number of oxazole rings is 1. The minimum absolute atomic E-state index is 0.0901. The van der Waals surface area contributed by atoms with Crippen LogP contribution in [0.2, 0.25) is 0 Å². The number of nitriles is 1. The molecule has 2 fully saturated rings. The molecule has 1 saturated heterocycles. The highest BCUT2D eigenvalue weighted by molar-refractivity contribution is 8.00. The van der Waals surface area contributed by atoms with Gasteiger partial charge in [-0.1, -0.05) is 0 Å². The summed E-state index contributed by atoms with van der Waals surface area (Å²) in [6.07, 6.45) is 2.14. The number of thioether (sulfide) groups is 1. The summed E-state index contributed by atoms with van der Waals surface area (Å²) in [5.41, 5.74) is 1.08. The molecule has 2 aliphatic rings. The number of carbonyl (C=O) groups is 2. The van der Waals surface area contributed by atoms with Crippen molar-refractivity contribution in [2.45, 2.75) is 42.8 Å². The highest BCUT2D eigenvalue weighted by Gasteiger charge is 2.33. The van der Waals surface area contributed by atoms with Crippen LogP contribution in [-0.4, -0.2) is 53.1 Å². The van der Waals surface area contributed by atoms with E-state index in [0.29, 0.717) is 49.6 Å². The van der Waals surface area contributed by atoms with Crippen molar-refractivity contribution < 1.29 is 14.0 Å². The van der Waals surface area contributed by atoms with E-state index in [1.54, 1.807) is 0 Å². The highest BCUT2D eigenvalue weighted by atomic mass is 32.2. The van der Waals surface area contributed by atoms with Crippen molar-refractivity contribution in [3.63, 3.8) is 0 Å². The van der Waals surface area contributed by atoms with E-state index in [4.69, 9.17) is 4.42 Å². The monoisotopic (exact) mass is 439 g/mol. The van der Waals surface area contributed by atoms with Gasteiger partial charge in [0, 0.05) is 49.6 Å².